The van der Waals surface area contributed by atoms with Crippen LogP contribution in [0.2, 0.25) is 0 Å². The average molecular weight is 369 g/mol. The van der Waals surface area contributed by atoms with Gasteiger partial charge < -0.3 is 10.2 Å². The Labute approximate surface area is 148 Å². The lowest BCUT2D eigenvalue weighted by Crippen LogP contribution is -3.11. The van der Waals surface area contributed by atoms with Crippen LogP contribution < -0.4 is 10.2 Å². The number of thioether (sulfide) groups is 1. The third-order valence-corrected chi connectivity index (χ3v) is 5.83. The molecule has 1 aliphatic rings. The standard InChI is InChI=1S/C17H18F2N2OS2/c18-17(19)24-13-7-5-12(6-8-13)20-16(22)11-21-9-1-3-14(21)15-4-2-10-23-15/h2,4-8,10,14,17H,1,3,9,11H2,(H,20,22)/p+1/t14-/m0/s1. The Morgan fingerprint density at radius 2 is 2.12 bits per heavy atom. The van der Waals surface area contributed by atoms with Crippen molar-refractivity contribution in [1.29, 1.82) is 0 Å². The number of carbonyl (C=O) groups excluding carboxylic acids is 1. The summed E-state index contributed by atoms with van der Waals surface area (Å²) in [6.45, 7) is 1.43. The van der Waals surface area contributed by atoms with Crippen LogP contribution in [0.4, 0.5) is 14.5 Å². The molecule has 1 aromatic carbocycles. The van der Waals surface area contributed by atoms with Gasteiger partial charge in [-0.1, -0.05) is 17.8 Å². The quantitative estimate of drug-likeness (QED) is 0.765. The highest BCUT2D eigenvalue weighted by Crippen LogP contribution is 2.26. The van der Waals surface area contributed by atoms with Crippen molar-refractivity contribution in [2.45, 2.75) is 29.5 Å². The van der Waals surface area contributed by atoms with Crippen molar-refractivity contribution < 1.29 is 18.5 Å². The molecule has 1 fully saturated rings. The summed E-state index contributed by atoms with van der Waals surface area (Å²) in [7, 11) is 0. The van der Waals surface area contributed by atoms with Crippen LogP contribution in [0, 0.1) is 0 Å². The second-order valence-corrected chi connectivity index (χ2v) is 7.79. The molecule has 3 rings (SSSR count). The fraction of sp³-hybridized carbons (Fsp3) is 0.353. The largest absolute Gasteiger partial charge is 0.321 e. The molecule has 3 nitrogen and oxygen atoms in total. The van der Waals surface area contributed by atoms with Crippen LogP contribution >= 0.6 is 23.1 Å². The minimum atomic E-state index is -2.43. The average Bonchev–Trinajstić information content (AvgIpc) is 3.19. The van der Waals surface area contributed by atoms with E-state index in [0.717, 1.165) is 19.4 Å². The molecule has 2 N–H and O–H groups in total. The first kappa shape index (κ1) is 17.4. The minimum absolute atomic E-state index is 0.0391. The maximum atomic E-state index is 12.3. The second-order valence-electron chi connectivity index (χ2n) is 5.75. The summed E-state index contributed by atoms with van der Waals surface area (Å²) >= 11 is 2.25. The Balaban J connectivity index is 1.55. The predicted molar refractivity (Wildman–Crippen MR) is 93.9 cm³/mol. The fourth-order valence-corrected chi connectivity index (χ4v) is 4.51. The molecular formula is C17H19F2N2OS2+. The summed E-state index contributed by atoms with van der Waals surface area (Å²) in [6, 6.07) is 11.1. The lowest BCUT2D eigenvalue weighted by Gasteiger charge is -2.20. The molecule has 0 bridgehead atoms. The molecule has 0 saturated carbocycles. The number of hydrogen-bond acceptors (Lipinski definition) is 3. The highest BCUT2D eigenvalue weighted by atomic mass is 32.2. The van der Waals surface area contributed by atoms with Crippen molar-refractivity contribution in [2.24, 2.45) is 0 Å². The minimum Gasteiger partial charge on any atom is -0.321 e. The summed E-state index contributed by atoms with van der Waals surface area (Å²) in [6.07, 6.45) is 2.24. The first-order valence-corrected chi connectivity index (χ1v) is 9.60. The van der Waals surface area contributed by atoms with Crippen LogP contribution in [0.15, 0.2) is 46.7 Å². The topological polar surface area (TPSA) is 33.5 Å². The molecular weight excluding hydrogens is 350 g/mol. The number of likely N-dealkylation sites (tertiary alicyclic amines) is 1. The third-order valence-electron chi connectivity index (χ3n) is 4.12. The van der Waals surface area contributed by atoms with Gasteiger partial charge >= 0.3 is 0 Å². The van der Waals surface area contributed by atoms with Crippen molar-refractivity contribution in [3.8, 4) is 0 Å². The highest BCUT2D eigenvalue weighted by Gasteiger charge is 2.32. The molecule has 2 atom stereocenters. The molecule has 0 radical (unpaired) electrons. The van der Waals surface area contributed by atoms with Gasteiger partial charge in [-0.3, -0.25) is 4.79 Å². The Kier molecular flexibility index (Phi) is 5.86. The van der Waals surface area contributed by atoms with Crippen LogP contribution in [0.3, 0.4) is 0 Å². The number of nitrogens with one attached hydrogen (secondary N) is 2. The zero-order chi connectivity index (χ0) is 16.9. The molecule has 1 amide bonds. The van der Waals surface area contributed by atoms with Crippen molar-refractivity contribution in [3.05, 3.63) is 46.7 Å². The zero-order valence-corrected chi connectivity index (χ0v) is 14.6. The number of thiophene rings is 1. The Morgan fingerprint density at radius 1 is 1.33 bits per heavy atom. The van der Waals surface area contributed by atoms with E-state index in [-0.39, 0.29) is 5.91 Å². The lowest BCUT2D eigenvalue weighted by atomic mass is 10.2. The van der Waals surface area contributed by atoms with Gasteiger partial charge in [-0.15, -0.1) is 11.3 Å². The summed E-state index contributed by atoms with van der Waals surface area (Å²) in [4.78, 5) is 15.4. The summed E-state index contributed by atoms with van der Waals surface area (Å²) < 4.78 is 24.6. The number of carbonyl (C=O) groups is 1. The number of quaternary nitrogens is 1. The van der Waals surface area contributed by atoms with Gasteiger partial charge in [-0.2, -0.15) is 8.78 Å². The number of rotatable bonds is 6. The predicted octanol–water partition coefficient (Wildman–Crippen LogP) is 3.42. The smallest absolute Gasteiger partial charge is 0.288 e. The van der Waals surface area contributed by atoms with Gasteiger partial charge in [0, 0.05) is 23.4 Å². The van der Waals surface area contributed by atoms with Gasteiger partial charge in [0.05, 0.1) is 11.4 Å². The number of alkyl halides is 2. The number of anilines is 1. The van der Waals surface area contributed by atoms with E-state index in [2.05, 4.69) is 22.8 Å². The molecule has 0 spiro atoms. The van der Waals surface area contributed by atoms with Gasteiger partial charge in [0.1, 0.15) is 6.04 Å². The molecule has 1 aliphatic heterocycles. The lowest BCUT2D eigenvalue weighted by molar-refractivity contribution is -0.910. The van der Waals surface area contributed by atoms with Crippen LogP contribution in [-0.4, -0.2) is 24.8 Å². The third kappa shape index (κ3) is 4.55. The molecule has 1 saturated heterocycles. The Hall–Kier alpha value is -1.44. The highest BCUT2D eigenvalue weighted by molar-refractivity contribution is 7.99. The van der Waals surface area contributed by atoms with E-state index in [1.54, 1.807) is 35.6 Å². The van der Waals surface area contributed by atoms with Crippen molar-refractivity contribution in [3.63, 3.8) is 0 Å². The van der Waals surface area contributed by atoms with Crippen molar-refractivity contribution in [2.75, 3.05) is 18.4 Å². The van der Waals surface area contributed by atoms with Gasteiger partial charge in [-0.25, -0.2) is 0 Å². The van der Waals surface area contributed by atoms with Gasteiger partial charge in [0.2, 0.25) is 0 Å². The van der Waals surface area contributed by atoms with E-state index < -0.39 is 5.76 Å². The van der Waals surface area contributed by atoms with Gasteiger partial charge in [-0.05, 0) is 35.7 Å². The van der Waals surface area contributed by atoms with Crippen LogP contribution in [0.5, 0.6) is 0 Å². The zero-order valence-electron chi connectivity index (χ0n) is 13.0. The Morgan fingerprint density at radius 3 is 2.79 bits per heavy atom. The van der Waals surface area contributed by atoms with E-state index in [4.69, 9.17) is 0 Å². The molecule has 128 valence electrons. The first-order valence-electron chi connectivity index (χ1n) is 7.84. The van der Waals surface area contributed by atoms with E-state index in [0.29, 0.717) is 34.9 Å². The normalized spacial score (nSPS) is 20.5. The number of amides is 1. The molecule has 1 aromatic heterocycles. The molecule has 2 heterocycles. The maximum absolute atomic E-state index is 12.3. The first-order chi connectivity index (χ1) is 11.6. The van der Waals surface area contributed by atoms with Gasteiger partial charge in [0.25, 0.3) is 11.7 Å². The summed E-state index contributed by atoms with van der Waals surface area (Å²) in [5.41, 5.74) is 0.643. The van der Waals surface area contributed by atoms with Crippen molar-refractivity contribution >= 4 is 34.7 Å². The molecule has 2 aromatic rings. The fourth-order valence-electron chi connectivity index (χ4n) is 3.09. The molecule has 7 heteroatoms. The van der Waals surface area contributed by atoms with E-state index in [9.17, 15) is 13.6 Å². The number of halogens is 2. The number of benzene rings is 1. The summed E-state index contributed by atoms with van der Waals surface area (Å²) in [5, 5.41) is 4.94. The Bertz CT molecular complexity index is 662. The monoisotopic (exact) mass is 369 g/mol. The molecule has 0 aliphatic carbocycles. The van der Waals surface area contributed by atoms with E-state index in [1.165, 1.54) is 9.78 Å². The molecule has 1 unspecified atom stereocenters. The maximum Gasteiger partial charge on any atom is 0.288 e. The van der Waals surface area contributed by atoms with E-state index >= 15 is 0 Å². The van der Waals surface area contributed by atoms with E-state index in [1.807, 2.05) is 0 Å². The molecule has 24 heavy (non-hydrogen) atoms. The van der Waals surface area contributed by atoms with Crippen LogP contribution in [0.1, 0.15) is 23.8 Å². The van der Waals surface area contributed by atoms with Crippen LogP contribution in [0.25, 0.3) is 0 Å². The van der Waals surface area contributed by atoms with Crippen molar-refractivity contribution in [1.82, 2.24) is 0 Å². The van der Waals surface area contributed by atoms with Crippen LogP contribution in [-0.2, 0) is 4.79 Å². The number of hydrogen-bond donors (Lipinski definition) is 2. The summed E-state index contributed by atoms with van der Waals surface area (Å²) in [5.74, 6) is -2.47. The van der Waals surface area contributed by atoms with Gasteiger partial charge in [0.15, 0.2) is 6.54 Å². The second kappa shape index (κ2) is 8.09. The SMILES string of the molecule is O=C(C[NH+]1CCC[C@H]1c1cccs1)Nc1ccc(SC(F)F)cc1.